The van der Waals surface area contributed by atoms with Crippen LogP contribution >= 0.6 is 0 Å². The van der Waals surface area contributed by atoms with Crippen LogP contribution in [-0.2, 0) is 31.9 Å². The van der Waals surface area contributed by atoms with E-state index in [1.807, 2.05) is 17.0 Å². The van der Waals surface area contributed by atoms with Crippen LogP contribution in [0.1, 0.15) is 34.3 Å². The number of aliphatic hydroxyl groups is 2. The molecule has 3 N–H and O–H groups in total. The number of ether oxygens (including phenoxy) is 3. The number of hydrogen-bond donors (Lipinski definition) is 3. The van der Waals surface area contributed by atoms with Crippen molar-refractivity contribution in [2.45, 2.75) is 74.3 Å². The number of nitrogens with one attached hydrogen (secondary N) is 1. The molecule has 0 unspecified atom stereocenters. The second-order valence-corrected chi connectivity index (χ2v) is 13.2. The topological polar surface area (TPSA) is 141 Å². The molecular weight excluding hydrogens is 592 g/mol. The molecule has 0 radical (unpaired) electrons. The maximum Gasteiger partial charge on any atom is 0.254 e. The van der Waals surface area contributed by atoms with Crippen LogP contribution in [0, 0.1) is 0 Å². The van der Waals surface area contributed by atoms with Crippen LogP contribution in [0.3, 0.4) is 0 Å². The molecule has 2 aromatic carbocycles. The smallest absolute Gasteiger partial charge is 0.254 e. The molecule has 7 atom stereocenters. The molecule has 7 rings (SSSR count). The minimum absolute atomic E-state index is 0.00961. The molecule has 12 nitrogen and oxygen atoms in total. The van der Waals surface area contributed by atoms with Crippen molar-refractivity contribution in [1.29, 1.82) is 0 Å². The maximum atomic E-state index is 14.3. The molecule has 4 fully saturated rings. The summed E-state index contributed by atoms with van der Waals surface area (Å²) >= 11 is 0. The quantitative estimate of drug-likeness (QED) is 0.425. The van der Waals surface area contributed by atoms with Crippen molar-refractivity contribution in [2.24, 2.45) is 0 Å². The Morgan fingerprint density at radius 1 is 0.913 bits per heavy atom. The van der Waals surface area contributed by atoms with Crippen molar-refractivity contribution >= 4 is 17.7 Å². The highest BCUT2D eigenvalue weighted by molar-refractivity contribution is 5.94. The standard InChI is InChI=1S/C34H42N4O8/c1-44-25-8-6-20(7-9-25)33(42)37-18-26-17-36(10-11-45-26)34(43)27-14-23(16-38(27)24-12-21-4-2-3-5-22(21)13-24)35-30(39)15-28-31(40)32(41)29(19-37)46-28/h2-9,23-24,26-29,31-32,40-41H,10-19H2,1H3,(H,35,39)/t23-,26-,27-,28-,29+,31-,32+/m0/s1. The van der Waals surface area contributed by atoms with Gasteiger partial charge in [0, 0.05) is 50.4 Å². The van der Waals surface area contributed by atoms with Gasteiger partial charge in [-0.25, -0.2) is 0 Å². The van der Waals surface area contributed by atoms with Crippen LogP contribution < -0.4 is 10.1 Å². The molecule has 4 saturated heterocycles. The van der Waals surface area contributed by atoms with Crippen LogP contribution in [0.2, 0.25) is 0 Å². The highest BCUT2D eigenvalue weighted by atomic mass is 16.5. The lowest BCUT2D eigenvalue weighted by molar-refractivity contribution is -0.145. The van der Waals surface area contributed by atoms with Crippen LogP contribution in [0.5, 0.6) is 5.75 Å². The van der Waals surface area contributed by atoms with Crippen LogP contribution in [0.25, 0.3) is 0 Å². The first kappa shape index (κ1) is 31.1. The minimum atomic E-state index is -1.29. The van der Waals surface area contributed by atoms with Gasteiger partial charge >= 0.3 is 0 Å². The zero-order valence-electron chi connectivity index (χ0n) is 26.0. The minimum Gasteiger partial charge on any atom is -0.497 e. The van der Waals surface area contributed by atoms with Gasteiger partial charge in [0.1, 0.15) is 24.1 Å². The molecule has 0 saturated carbocycles. The van der Waals surface area contributed by atoms with E-state index < -0.39 is 36.6 Å². The van der Waals surface area contributed by atoms with Crippen molar-refractivity contribution in [3.8, 4) is 5.75 Å². The number of morpholine rings is 1. The lowest BCUT2D eigenvalue weighted by Crippen LogP contribution is -2.56. The Morgan fingerprint density at radius 3 is 2.35 bits per heavy atom. The van der Waals surface area contributed by atoms with E-state index in [1.54, 1.807) is 36.3 Å². The van der Waals surface area contributed by atoms with Crippen molar-refractivity contribution < 1.29 is 38.8 Å². The Labute approximate surface area is 268 Å². The molecule has 2 aromatic rings. The number of benzene rings is 2. The van der Waals surface area contributed by atoms with Gasteiger partial charge < -0.3 is 39.5 Å². The normalized spacial score (nSPS) is 32.4. The molecule has 246 valence electrons. The Morgan fingerprint density at radius 2 is 1.63 bits per heavy atom. The average Bonchev–Trinajstić information content (AvgIpc) is 3.76. The summed E-state index contributed by atoms with van der Waals surface area (Å²) in [6.45, 7) is 1.72. The third-order valence-corrected chi connectivity index (χ3v) is 10.2. The second kappa shape index (κ2) is 12.9. The van der Waals surface area contributed by atoms with Gasteiger partial charge in [0.25, 0.3) is 5.91 Å². The van der Waals surface area contributed by atoms with E-state index in [0.717, 1.165) is 12.8 Å². The first-order chi connectivity index (χ1) is 22.3. The molecule has 5 aliphatic rings. The molecule has 0 spiro atoms. The number of hydrogen-bond acceptors (Lipinski definition) is 9. The number of carbonyl (C=O) groups excluding carboxylic acids is 3. The molecule has 4 heterocycles. The van der Waals surface area contributed by atoms with Gasteiger partial charge in [-0.1, -0.05) is 24.3 Å². The van der Waals surface area contributed by atoms with E-state index in [0.29, 0.717) is 44.0 Å². The van der Waals surface area contributed by atoms with E-state index in [1.165, 1.54) is 11.1 Å². The fourth-order valence-corrected chi connectivity index (χ4v) is 7.86. The molecule has 1 aliphatic carbocycles. The molecular formula is C34H42N4O8. The third-order valence-electron chi connectivity index (χ3n) is 10.2. The second-order valence-electron chi connectivity index (χ2n) is 13.2. The number of likely N-dealkylation sites (tertiary alicyclic amines) is 1. The van der Waals surface area contributed by atoms with Crippen LogP contribution in [0.4, 0.5) is 0 Å². The van der Waals surface area contributed by atoms with E-state index in [2.05, 4.69) is 22.3 Å². The Kier molecular flexibility index (Phi) is 8.73. The number of rotatable bonds is 3. The summed E-state index contributed by atoms with van der Waals surface area (Å²) in [6.07, 6.45) is -2.90. The number of fused-ring (bicyclic) bond motifs is 7. The summed E-state index contributed by atoms with van der Waals surface area (Å²) in [7, 11) is 1.55. The predicted molar refractivity (Wildman–Crippen MR) is 165 cm³/mol. The van der Waals surface area contributed by atoms with Gasteiger partial charge in [0.2, 0.25) is 11.8 Å². The Hall–Kier alpha value is -3.55. The summed E-state index contributed by atoms with van der Waals surface area (Å²) in [5.41, 5.74) is 2.99. The number of nitrogens with zero attached hydrogens (tertiary/aromatic N) is 3. The van der Waals surface area contributed by atoms with Gasteiger partial charge in [-0.2, -0.15) is 0 Å². The summed E-state index contributed by atoms with van der Waals surface area (Å²) in [4.78, 5) is 47.0. The lowest BCUT2D eigenvalue weighted by Gasteiger charge is -2.39. The van der Waals surface area contributed by atoms with E-state index >= 15 is 0 Å². The SMILES string of the molecule is COc1ccc(C(=O)N2C[C@@H]3CN(CCO3)C(=O)[C@@H]3C[C@@H](CN3C3Cc4ccccc4C3)NC(=O)C[C@@H]3O[C@H](C2)[C@@H](O)[C@H]3O)cc1. The number of amides is 3. The highest BCUT2D eigenvalue weighted by Gasteiger charge is 2.47. The van der Waals surface area contributed by atoms with Crippen molar-refractivity contribution in [1.82, 2.24) is 20.0 Å². The average molecular weight is 635 g/mol. The molecule has 12 heteroatoms. The van der Waals surface area contributed by atoms with Crippen molar-refractivity contribution in [3.05, 3.63) is 65.2 Å². The molecule has 4 aliphatic heterocycles. The first-order valence-corrected chi connectivity index (χ1v) is 16.2. The lowest BCUT2D eigenvalue weighted by atomic mass is 10.0. The summed E-state index contributed by atoms with van der Waals surface area (Å²) < 4.78 is 17.4. The number of carbonyl (C=O) groups is 3. The maximum absolute atomic E-state index is 14.3. The molecule has 3 amide bonds. The van der Waals surface area contributed by atoms with Crippen LogP contribution in [-0.4, -0.2) is 138 Å². The molecule has 6 bridgehead atoms. The van der Waals surface area contributed by atoms with Crippen molar-refractivity contribution in [2.75, 3.05) is 46.4 Å². The number of aliphatic hydroxyl groups excluding tert-OH is 2. The van der Waals surface area contributed by atoms with Gasteiger partial charge in [0.15, 0.2) is 0 Å². The van der Waals surface area contributed by atoms with Gasteiger partial charge in [-0.05, 0) is 54.7 Å². The van der Waals surface area contributed by atoms with Crippen LogP contribution in [0.15, 0.2) is 48.5 Å². The number of methoxy groups -OCH3 is 1. The summed E-state index contributed by atoms with van der Waals surface area (Å²) in [5.74, 6) is -0.00424. The fraction of sp³-hybridized carbons (Fsp3) is 0.559. The van der Waals surface area contributed by atoms with Crippen molar-refractivity contribution in [3.63, 3.8) is 0 Å². The van der Waals surface area contributed by atoms with Gasteiger partial charge in [-0.15, -0.1) is 0 Å². The first-order valence-electron chi connectivity index (χ1n) is 16.2. The Bertz CT molecular complexity index is 1430. The van der Waals surface area contributed by atoms with E-state index in [9.17, 15) is 24.6 Å². The summed E-state index contributed by atoms with van der Waals surface area (Å²) in [6, 6.07) is 14.6. The zero-order valence-corrected chi connectivity index (χ0v) is 26.0. The Balaban J connectivity index is 1.17. The highest BCUT2D eigenvalue weighted by Crippen LogP contribution is 2.33. The molecule has 0 aromatic heterocycles. The molecule has 46 heavy (non-hydrogen) atoms. The third kappa shape index (κ3) is 6.12. The predicted octanol–water partition coefficient (Wildman–Crippen LogP) is -0.0158. The largest absolute Gasteiger partial charge is 0.497 e. The zero-order chi connectivity index (χ0) is 31.9. The summed E-state index contributed by atoms with van der Waals surface area (Å²) in [5, 5.41) is 24.9. The van der Waals surface area contributed by atoms with Gasteiger partial charge in [-0.3, -0.25) is 19.3 Å². The van der Waals surface area contributed by atoms with E-state index in [-0.39, 0.29) is 49.3 Å². The van der Waals surface area contributed by atoms with Gasteiger partial charge in [0.05, 0.1) is 38.4 Å². The van der Waals surface area contributed by atoms with E-state index in [4.69, 9.17) is 14.2 Å². The monoisotopic (exact) mass is 634 g/mol. The fourth-order valence-electron chi connectivity index (χ4n) is 7.86.